The van der Waals surface area contributed by atoms with Gasteiger partial charge >= 0.3 is 12.1 Å². The van der Waals surface area contributed by atoms with Gasteiger partial charge in [-0.3, -0.25) is 24.1 Å². The number of anilines is 1. The van der Waals surface area contributed by atoms with Gasteiger partial charge < -0.3 is 10.1 Å². The molecule has 0 atom stereocenters. The van der Waals surface area contributed by atoms with Gasteiger partial charge in [0, 0.05) is 13.0 Å². The maximum absolute atomic E-state index is 12.9. The molecule has 3 rings (SSSR count). The number of fused-ring (bicyclic) bond motifs is 1. The Balaban J connectivity index is 1.44. The average Bonchev–Trinajstić information content (AvgIpc) is 2.97. The van der Waals surface area contributed by atoms with E-state index in [4.69, 9.17) is 4.74 Å². The summed E-state index contributed by atoms with van der Waals surface area (Å²) in [5, 5.41) is 2.06. The lowest BCUT2D eigenvalue weighted by Crippen LogP contribution is -2.31. The quantitative estimate of drug-likeness (QED) is 0.534. The van der Waals surface area contributed by atoms with Crippen LogP contribution < -0.4 is 5.32 Å². The molecule has 31 heavy (non-hydrogen) atoms. The summed E-state index contributed by atoms with van der Waals surface area (Å²) in [6.45, 7) is -0.773. The van der Waals surface area contributed by atoms with Gasteiger partial charge in [-0.2, -0.15) is 13.2 Å². The van der Waals surface area contributed by atoms with Gasteiger partial charge in [-0.15, -0.1) is 0 Å². The number of imide groups is 1. The molecule has 0 saturated carbocycles. The van der Waals surface area contributed by atoms with Crippen LogP contribution in [0.1, 0.15) is 39.1 Å². The number of hydrogen-bond donors (Lipinski definition) is 1. The van der Waals surface area contributed by atoms with Gasteiger partial charge in [0.05, 0.1) is 22.4 Å². The zero-order valence-electron chi connectivity index (χ0n) is 16.1. The zero-order chi connectivity index (χ0) is 22.6. The van der Waals surface area contributed by atoms with Crippen LogP contribution in [-0.4, -0.2) is 41.7 Å². The first kappa shape index (κ1) is 22.0. The summed E-state index contributed by atoms with van der Waals surface area (Å²) < 4.78 is 43.6. The van der Waals surface area contributed by atoms with Gasteiger partial charge in [-0.05, 0) is 30.7 Å². The molecule has 1 N–H and O–H groups in total. The molecule has 162 valence electrons. The van der Waals surface area contributed by atoms with E-state index in [0.29, 0.717) is 11.1 Å². The van der Waals surface area contributed by atoms with Crippen LogP contribution in [0.4, 0.5) is 18.9 Å². The number of nitrogens with one attached hydrogen (secondary N) is 1. The molecule has 3 amide bonds. The van der Waals surface area contributed by atoms with Crippen LogP contribution in [0.3, 0.4) is 0 Å². The molecule has 2 aromatic rings. The topological polar surface area (TPSA) is 92.8 Å². The Morgan fingerprint density at radius 2 is 1.52 bits per heavy atom. The lowest BCUT2D eigenvalue weighted by molar-refractivity contribution is -0.147. The number of carbonyl (C=O) groups is 4. The van der Waals surface area contributed by atoms with Crippen LogP contribution in [0.25, 0.3) is 0 Å². The van der Waals surface area contributed by atoms with E-state index < -0.39 is 47.7 Å². The summed E-state index contributed by atoms with van der Waals surface area (Å²) in [6.07, 6.45) is -4.71. The molecular weight excluding hydrogens is 417 g/mol. The van der Waals surface area contributed by atoms with E-state index in [9.17, 15) is 32.3 Å². The number of esters is 1. The second-order valence-corrected chi connectivity index (χ2v) is 6.66. The lowest BCUT2D eigenvalue weighted by Gasteiger charge is -2.14. The van der Waals surface area contributed by atoms with Crippen molar-refractivity contribution >= 4 is 29.4 Å². The standard InChI is InChI=1S/C21H17F3N2O5/c22-21(23,24)15-8-3-4-9-16(15)25-17(27)12-31-18(28)10-5-11-26-19(29)13-6-1-2-7-14(13)20(26)30/h1-4,6-9H,5,10-12H2,(H,25,27). The van der Waals surface area contributed by atoms with Crippen molar-refractivity contribution in [2.75, 3.05) is 18.5 Å². The van der Waals surface area contributed by atoms with Crippen LogP contribution in [0.15, 0.2) is 48.5 Å². The minimum absolute atomic E-state index is 0.00734. The van der Waals surface area contributed by atoms with E-state index in [2.05, 4.69) is 5.32 Å². The smallest absolute Gasteiger partial charge is 0.418 e. The Bertz CT molecular complexity index is 1000. The number of alkyl halides is 3. The second kappa shape index (κ2) is 8.99. The van der Waals surface area contributed by atoms with Crippen molar-refractivity contribution in [2.24, 2.45) is 0 Å². The molecule has 1 aliphatic heterocycles. The molecule has 10 heteroatoms. The van der Waals surface area contributed by atoms with Gasteiger partial charge in [0.1, 0.15) is 0 Å². The van der Waals surface area contributed by atoms with E-state index in [1.54, 1.807) is 24.3 Å². The number of hydrogen-bond acceptors (Lipinski definition) is 5. The molecule has 0 aliphatic carbocycles. The average molecular weight is 434 g/mol. The molecule has 0 bridgehead atoms. The fourth-order valence-corrected chi connectivity index (χ4v) is 3.07. The number of rotatable bonds is 7. The largest absolute Gasteiger partial charge is 0.456 e. The first-order valence-electron chi connectivity index (χ1n) is 9.25. The zero-order valence-corrected chi connectivity index (χ0v) is 16.1. The first-order chi connectivity index (χ1) is 14.7. The van der Waals surface area contributed by atoms with Crippen molar-refractivity contribution in [3.05, 3.63) is 65.2 Å². The Kier molecular flexibility index (Phi) is 6.38. The highest BCUT2D eigenvalue weighted by atomic mass is 19.4. The molecule has 0 unspecified atom stereocenters. The van der Waals surface area contributed by atoms with Crippen molar-refractivity contribution in [1.29, 1.82) is 0 Å². The van der Waals surface area contributed by atoms with Crippen molar-refractivity contribution in [1.82, 2.24) is 4.90 Å². The van der Waals surface area contributed by atoms with Crippen LogP contribution in [0.2, 0.25) is 0 Å². The van der Waals surface area contributed by atoms with E-state index in [-0.39, 0.29) is 19.4 Å². The van der Waals surface area contributed by atoms with Gasteiger partial charge in [0.25, 0.3) is 17.7 Å². The summed E-state index contributed by atoms with van der Waals surface area (Å²) >= 11 is 0. The molecule has 0 radical (unpaired) electrons. The number of benzene rings is 2. The summed E-state index contributed by atoms with van der Waals surface area (Å²) in [6, 6.07) is 10.8. The third kappa shape index (κ3) is 5.08. The van der Waals surface area contributed by atoms with Crippen molar-refractivity contribution < 1.29 is 37.1 Å². The van der Waals surface area contributed by atoms with Crippen LogP contribution in [0, 0.1) is 0 Å². The molecule has 0 saturated heterocycles. The predicted molar refractivity (Wildman–Crippen MR) is 102 cm³/mol. The minimum atomic E-state index is -4.65. The molecule has 0 aromatic heterocycles. The fourth-order valence-electron chi connectivity index (χ4n) is 3.07. The third-order valence-corrected chi connectivity index (χ3v) is 4.51. The Labute approximate surface area is 174 Å². The maximum atomic E-state index is 12.9. The fraction of sp³-hybridized carbons (Fsp3) is 0.238. The van der Waals surface area contributed by atoms with E-state index in [0.717, 1.165) is 17.0 Å². The van der Waals surface area contributed by atoms with Gasteiger partial charge in [-0.1, -0.05) is 24.3 Å². The number of amides is 3. The van der Waals surface area contributed by atoms with Crippen molar-refractivity contribution in [3.8, 4) is 0 Å². The van der Waals surface area contributed by atoms with Gasteiger partial charge in [0.15, 0.2) is 6.61 Å². The Hall–Kier alpha value is -3.69. The molecule has 1 heterocycles. The Morgan fingerprint density at radius 3 is 2.13 bits per heavy atom. The van der Waals surface area contributed by atoms with E-state index in [1.807, 2.05) is 0 Å². The van der Waals surface area contributed by atoms with Crippen LogP contribution in [0.5, 0.6) is 0 Å². The molecule has 0 fully saturated rings. The molecule has 7 nitrogen and oxygen atoms in total. The predicted octanol–water partition coefficient (Wildman–Crippen LogP) is 3.26. The summed E-state index contributed by atoms with van der Waals surface area (Å²) in [5.74, 6) is -2.60. The van der Waals surface area contributed by atoms with Gasteiger partial charge in [0.2, 0.25) is 0 Å². The highest BCUT2D eigenvalue weighted by Crippen LogP contribution is 2.34. The third-order valence-electron chi connectivity index (χ3n) is 4.51. The van der Waals surface area contributed by atoms with E-state index >= 15 is 0 Å². The number of halogens is 3. The summed E-state index contributed by atoms with van der Waals surface area (Å²) in [5.41, 5.74) is -0.867. The lowest BCUT2D eigenvalue weighted by atomic mass is 10.1. The van der Waals surface area contributed by atoms with E-state index in [1.165, 1.54) is 12.1 Å². The van der Waals surface area contributed by atoms with Crippen LogP contribution in [-0.2, 0) is 20.5 Å². The highest BCUT2D eigenvalue weighted by molar-refractivity contribution is 6.21. The molecule has 0 spiro atoms. The summed E-state index contributed by atoms with van der Waals surface area (Å²) in [4.78, 5) is 49.1. The van der Waals surface area contributed by atoms with Crippen molar-refractivity contribution in [3.63, 3.8) is 0 Å². The second-order valence-electron chi connectivity index (χ2n) is 6.66. The molecule has 1 aliphatic rings. The SMILES string of the molecule is O=C(COC(=O)CCCN1C(=O)c2ccccc2C1=O)Nc1ccccc1C(F)(F)F. The summed E-state index contributed by atoms with van der Waals surface area (Å²) in [7, 11) is 0. The number of ether oxygens (including phenoxy) is 1. The maximum Gasteiger partial charge on any atom is 0.418 e. The highest BCUT2D eigenvalue weighted by Gasteiger charge is 2.35. The van der Waals surface area contributed by atoms with Crippen molar-refractivity contribution in [2.45, 2.75) is 19.0 Å². The normalized spacial score (nSPS) is 13.2. The number of carbonyl (C=O) groups excluding carboxylic acids is 4. The minimum Gasteiger partial charge on any atom is -0.456 e. The molecule has 2 aromatic carbocycles. The molecular formula is C21H17F3N2O5. The monoisotopic (exact) mass is 434 g/mol. The number of para-hydroxylation sites is 1. The Morgan fingerprint density at radius 1 is 0.935 bits per heavy atom. The number of nitrogens with zero attached hydrogens (tertiary/aromatic N) is 1. The first-order valence-corrected chi connectivity index (χ1v) is 9.25. The van der Waals surface area contributed by atoms with Gasteiger partial charge in [-0.25, -0.2) is 0 Å². The van der Waals surface area contributed by atoms with Crippen LogP contribution >= 0.6 is 0 Å².